The summed E-state index contributed by atoms with van der Waals surface area (Å²) >= 11 is 0. The zero-order valence-corrected chi connectivity index (χ0v) is 17.2. The molecule has 156 valence electrons. The highest BCUT2D eigenvalue weighted by atomic mass is 32.2. The second-order valence-corrected chi connectivity index (χ2v) is 7.54. The Hall–Kier alpha value is -3.11. The Morgan fingerprint density at radius 1 is 0.931 bits per heavy atom. The second-order valence-electron chi connectivity index (χ2n) is 5.65. The molecule has 0 fully saturated rings. The number of methoxy groups -OCH3 is 3. The molecule has 0 aromatic heterocycles. The lowest BCUT2D eigenvalue weighted by atomic mass is 10.1. The molecule has 29 heavy (non-hydrogen) atoms. The van der Waals surface area contributed by atoms with Crippen molar-refractivity contribution in [2.75, 3.05) is 35.0 Å². The lowest BCUT2D eigenvalue weighted by molar-refractivity contribution is 0.0474. The molecule has 0 heterocycles. The van der Waals surface area contributed by atoms with Crippen molar-refractivity contribution in [1.29, 1.82) is 0 Å². The van der Waals surface area contributed by atoms with E-state index in [1.807, 2.05) is 0 Å². The molecular formula is C19H21NO8S. The molecule has 0 bridgehead atoms. The van der Waals surface area contributed by atoms with Crippen LogP contribution in [0.4, 0.5) is 0 Å². The fraction of sp³-hybridized carbons (Fsp3) is 0.263. The SMILES string of the molecule is CNS(=O)(=O)c1cccc(C(=O)OCC(=O)c2cc(OC)c(OC)c(OC)c2)c1. The number of esters is 1. The van der Waals surface area contributed by atoms with Crippen molar-refractivity contribution in [2.24, 2.45) is 0 Å². The third kappa shape index (κ3) is 5.04. The van der Waals surface area contributed by atoms with Gasteiger partial charge in [0.25, 0.3) is 0 Å². The predicted molar refractivity (Wildman–Crippen MR) is 103 cm³/mol. The van der Waals surface area contributed by atoms with Gasteiger partial charge in [0.05, 0.1) is 31.8 Å². The Balaban J connectivity index is 2.17. The minimum Gasteiger partial charge on any atom is -0.493 e. The van der Waals surface area contributed by atoms with Gasteiger partial charge >= 0.3 is 5.97 Å². The second kappa shape index (κ2) is 9.39. The van der Waals surface area contributed by atoms with Crippen LogP contribution in [-0.4, -0.2) is 55.2 Å². The van der Waals surface area contributed by atoms with E-state index in [0.29, 0.717) is 5.75 Å². The van der Waals surface area contributed by atoms with Gasteiger partial charge in [-0.05, 0) is 37.4 Å². The summed E-state index contributed by atoms with van der Waals surface area (Å²) < 4.78 is 46.5. The zero-order valence-electron chi connectivity index (χ0n) is 16.3. The number of carbonyl (C=O) groups excluding carboxylic acids is 2. The quantitative estimate of drug-likeness (QED) is 0.478. The number of benzene rings is 2. The molecule has 0 spiro atoms. The number of Topliss-reactive ketones (excluding diaryl/α,β-unsaturated/α-hetero) is 1. The highest BCUT2D eigenvalue weighted by Gasteiger charge is 2.19. The Bertz CT molecular complexity index is 992. The lowest BCUT2D eigenvalue weighted by Crippen LogP contribution is -2.19. The number of nitrogens with one attached hydrogen (secondary N) is 1. The summed E-state index contributed by atoms with van der Waals surface area (Å²) in [6.07, 6.45) is 0. The molecule has 0 radical (unpaired) electrons. The van der Waals surface area contributed by atoms with E-state index in [1.54, 1.807) is 0 Å². The van der Waals surface area contributed by atoms with Crippen LogP contribution in [0.2, 0.25) is 0 Å². The van der Waals surface area contributed by atoms with Gasteiger partial charge in [0.15, 0.2) is 18.1 Å². The van der Waals surface area contributed by atoms with Crippen LogP contribution in [0.3, 0.4) is 0 Å². The number of hydrogen-bond donors (Lipinski definition) is 1. The Kier molecular flexibility index (Phi) is 7.18. The van der Waals surface area contributed by atoms with Crippen molar-refractivity contribution in [1.82, 2.24) is 4.72 Å². The van der Waals surface area contributed by atoms with E-state index >= 15 is 0 Å². The van der Waals surface area contributed by atoms with E-state index in [2.05, 4.69) is 4.72 Å². The monoisotopic (exact) mass is 423 g/mol. The van der Waals surface area contributed by atoms with Gasteiger partial charge in [-0.25, -0.2) is 17.9 Å². The standard InChI is InChI=1S/C19H21NO8S/c1-20-29(23,24)14-7-5-6-12(8-14)19(22)28-11-15(21)13-9-16(25-2)18(27-4)17(10-13)26-3/h5-10,20H,11H2,1-4H3. The van der Waals surface area contributed by atoms with Crippen LogP contribution in [0, 0.1) is 0 Å². The Labute approximate surface area is 168 Å². The van der Waals surface area contributed by atoms with Gasteiger partial charge in [0.1, 0.15) is 0 Å². The maximum absolute atomic E-state index is 12.5. The van der Waals surface area contributed by atoms with E-state index in [9.17, 15) is 18.0 Å². The highest BCUT2D eigenvalue weighted by molar-refractivity contribution is 7.89. The minimum absolute atomic E-state index is 0.000910. The number of carbonyl (C=O) groups is 2. The molecule has 10 heteroatoms. The average Bonchev–Trinajstić information content (AvgIpc) is 2.75. The number of ether oxygens (including phenoxy) is 4. The summed E-state index contributed by atoms with van der Waals surface area (Å²) in [5, 5.41) is 0. The summed E-state index contributed by atoms with van der Waals surface area (Å²) in [7, 11) is 1.81. The van der Waals surface area contributed by atoms with Gasteiger partial charge < -0.3 is 18.9 Å². The zero-order chi connectivity index (χ0) is 21.6. The highest BCUT2D eigenvalue weighted by Crippen LogP contribution is 2.38. The van der Waals surface area contributed by atoms with Crippen molar-refractivity contribution in [3.05, 3.63) is 47.5 Å². The first-order valence-corrected chi connectivity index (χ1v) is 9.79. The third-order valence-electron chi connectivity index (χ3n) is 3.97. The van der Waals surface area contributed by atoms with Gasteiger partial charge in [-0.3, -0.25) is 4.79 Å². The van der Waals surface area contributed by atoms with Crippen LogP contribution >= 0.6 is 0 Å². The van der Waals surface area contributed by atoms with Crippen LogP contribution in [0.1, 0.15) is 20.7 Å². The maximum atomic E-state index is 12.5. The van der Waals surface area contributed by atoms with E-state index in [-0.39, 0.29) is 27.5 Å². The third-order valence-corrected chi connectivity index (χ3v) is 5.38. The van der Waals surface area contributed by atoms with Gasteiger partial charge in [-0.2, -0.15) is 0 Å². The molecule has 9 nitrogen and oxygen atoms in total. The fourth-order valence-electron chi connectivity index (χ4n) is 2.45. The minimum atomic E-state index is -3.71. The van der Waals surface area contributed by atoms with Crippen molar-refractivity contribution in [3.63, 3.8) is 0 Å². The average molecular weight is 423 g/mol. The first kappa shape index (κ1) is 22.2. The lowest BCUT2D eigenvalue weighted by Gasteiger charge is -2.13. The van der Waals surface area contributed by atoms with Crippen molar-refractivity contribution < 1.29 is 37.0 Å². The number of ketones is 1. The topological polar surface area (TPSA) is 117 Å². The summed E-state index contributed by atoms with van der Waals surface area (Å²) in [6, 6.07) is 8.18. The maximum Gasteiger partial charge on any atom is 0.338 e. The number of hydrogen-bond acceptors (Lipinski definition) is 8. The van der Waals surface area contributed by atoms with E-state index in [0.717, 1.165) is 6.07 Å². The van der Waals surface area contributed by atoms with Crippen LogP contribution in [0.25, 0.3) is 0 Å². The van der Waals surface area contributed by atoms with Crippen molar-refractivity contribution >= 4 is 21.8 Å². The first-order chi connectivity index (χ1) is 13.8. The van der Waals surface area contributed by atoms with Gasteiger partial charge in [-0.15, -0.1) is 0 Å². The van der Waals surface area contributed by atoms with Gasteiger partial charge in [0.2, 0.25) is 21.6 Å². The summed E-state index contributed by atoms with van der Waals surface area (Å²) in [6.45, 7) is -0.555. The molecule has 0 saturated heterocycles. The first-order valence-electron chi connectivity index (χ1n) is 8.31. The molecule has 1 N–H and O–H groups in total. The van der Waals surface area contributed by atoms with E-state index in [1.165, 1.54) is 58.7 Å². The number of sulfonamides is 1. The van der Waals surface area contributed by atoms with Crippen LogP contribution < -0.4 is 18.9 Å². The molecular weight excluding hydrogens is 402 g/mol. The largest absolute Gasteiger partial charge is 0.493 e. The van der Waals surface area contributed by atoms with Gasteiger partial charge in [-0.1, -0.05) is 6.07 Å². The van der Waals surface area contributed by atoms with Crippen LogP contribution in [-0.2, 0) is 14.8 Å². The summed E-state index contributed by atoms with van der Waals surface area (Å²) in [5.41, 5.74) is 0.192. The summed E-state index contributed by atoms with van der Waals surface area (Å²) in [5.74, 6) is -0.445. The molecule has 0 atom stereocenters. The van der Waals surface area contributed by atoms with Crippen molar-refractivity contribution in [3.8, 4) is 17.2 Å². The molecule has 0 aliphatic rings. The molecule has 0 amide bonds. The molecule has 2 aromatic carbocycles. The smallest absolute Gasteiger partial charge is 0.338 e. The molecule has 0 aliphatic heterocycles. The molecule has 0 unspecified atom stereocenters. The molecule has 0 saturated carbocycles. The van der Waals surface area contributed by atoms with E-state index in [4.69, 9.17) is 18.9 Å². The van der Waals surface area contributed by atoms with Gasteiger partial charge in [0, 0.05) is 5.56 Å². The molecule has 2 aromatic rings. The molecule has 2 rings (SSSR count). The predicted octanol–water partition coefficient (Wildman–Crippen LogP) is 1.66. The fourth-order valence-corrected chi connectivity index (χ4v) is 3.22. The van der Waals surface area contributed by atoms with E-state index < -0.39 is 28.4 Å². The molecule has 0 aliphatic carbocycles. The Morgan fingerprint density at radius 3 is 2.07 bits per heavy atom. The van der Waals surface area contributed by atoms with Crippen LogP contribution in [0.5, 0.6) is 17.2 Å². The normalized spacial score (nSPS) is 10.9. The summed E-state index contributed by atoms with van der Waals surface area (Å²) in [4.78, 5) is 24.6. The van der Waals surface area contributed by atoms with Crippen molar-refractivity contribution in [2.45, 2.75) is 4.90 Å². The van der Waals surface area contributed by atoms with Crippen LogP contribution in [0.15, 0.2) is 41.3 Å². The Morgan fingerprint density at radius 2 is 1.55 bits per heavy atom. The number of rotatable bonds is 9.